The summed E-state index contributed by atoms with van der Waals surface area (Å²) in [4.78, 5) is 6.89. The normalized spacial score (nSPS) is 15.7. The van der Waals surface area contributed by atoms with Gasteiger partial charge in [0.05, 0.1) is 14.0 Å². The van der Waals surface area contributed by atoms with E-state index >= 15 is 0 Å². The third-order valence-electron chi connectivity index (χ3n) is 2.89. The summed E-state index contributed by atoms with van der Waals surface area (Å²) in [5.41, 5.74) is -1.17. The van der Waals surface area contributed by atoms with Gasteiger partial charge in [-0.15, -0.1) is 0 Å². The monoisotopic (exact) mass is 930 g/mol. The maximum absolute atomic E-state index is 13.4. The quantitative estimate of drug-likeness (QED) is 0.130. The Kier molecular flexibility index (Phi) is 14.4. The van der Waals surface area contributed by atoms with E-state index in [4.69, 9.17) is 0 Å². The molecule has 0 saturated carbocycles. The summed E-state index contributed by atoms with van der Waals surface area (Å²) in [6, 6.07) is 2.62. The van der Waals surface area contributed by atoms with Crippen molar-refractivity contribution in [3.8, 4) is 0 Å². The molecule has 0 aliphatic carbocycles. The Balaban J connectivity index is 0.000000474. The molecule has 1 aromatic rings. The minimum Gasteiger partial charge on any atom is -0.278 e. The lowest BCUT2D eigenvalue weighted by Crippen LogP contribution is -2.28. The number of aliphatic imine (C=N–C) groups is 1. The third-order valence-corrected chi connectivity index (χ3v) is 6.94. The summed E-state index contributed by atoms with van der Waals surface area (Å²) in [6.45, 7) is 7.40. The molecule has 2 heterocycles. The first-order valence-electron chi connectivity index (χ1n) is 7.43. The van der Waals surface area contributed by atoms with Gasteiger partial charge in [-0.3, -0.25) is 4.99 Å². The Hall–Kier alpha value is 2.00. The number of nitrogens with zero attached hydrogens (tertiary/aromatic N) is 2. The van der Waals surface area contributed by atoms with Crippen LogP contribution in [-0.2, 0) is 0 Å². The van der Waals surface area contributed by atoms with Gasteiger partial charge in [0.1, 0.15) is 5.15 Å². The van der Waals surface area contributed by atoms with Crippen molar-refractivity contribution >= 4 is 119 Å². The van der Waals surface area contributed by atoms with E-state index in [9.17, 15) is 13.2 Å². The Morgan fingerprint density at radius 2 is 1.77 bits per heavy atom. The number of halogens is 8. The topological polar surface area (TPSA) is 25.2 Å². The van der Waals surface area contributed by atoms with Crippen molar-refractivity contribution in [3.63, 3.8) is 0 Å². The highest BCUT2D eigenvalue weighted by Crippen LogP contribution is 2.38. The lowest BCUT2D eigenvalue weighted by Gasteiger charge is -2.13. The van der Waals surface area contributed by atoms with Crippen molar-refractivity contribution in [2.24, 2.45) is 4.99 Å². The van der Waals surface area contributed by atoms with E-state index in [2.05, 4.69) is 143 Å². The summed E-state index contributed by atoms with van der Waals surface area (Å²) in [7, 11) is 0. The molecule has 0 N–H and O–H groups in total. The molecule has 0 amide bonds. The van der Waals surface area contributed by atoms with Crippen molar-refractivity contribution in [1.29, 1.82) is 0 Å². The van der Waals surface area contributed by atoms with Gasteiger partial charge in [0.25, 0.3) is 0 Å². The van der Waals surface area contributed by atoms with Crippen LogP contribution in [0.2, 0.25) is 0 Å². The first-order chi connectivity index (χ1) is 11.9. The van der Waals surface area contributed by atoms with Gasteiger partial charge in [0, 0.05) is 11.8 Å². The molecule has 0 unspecified atom stereocenters. The standard InChI is InChI=1S/C10H7F3N2.C3H5I3.C3H6I2/c1-6-5-15-8(10(6,12)13)7-3-2-4-14-9(7)11;1-2-3(4,5)6;1-2-3(4)5/h2-4H,1,5H2;2H2,1H3;3H,2H2,1H3. The van der Waals surface area contributed by atoms with Crippen LogP contribution in [0.1, 0.15) is 32.3 Å². The fourth-order valence-electron chi connectivity index (χ4n) is 1.36. The fourth-order valence-corrected chi connectivity index (χ4v) is 1.36. The molecular weight excluding hydrogens is 912 g/mol. The number of hydrogen-bond acceptors (Lipinski definition) is 2. The highest BCUT2D eigenvalue weighted by atomic mass is 127. The molecule has 0 radical (unpaired) electrons. The molecule has 1 aromatic heterocycles. The highest BCUT2D eigenvalue weighted by Gasteiger charge is 2.44. The van der Waals surface area contributed by atoms with Crippen LogP contribution in [0.5, 0.6) is 0 Å². The summed E-state index contributed by atoms with van der Waals surface area (Å²) in [5.74, 6) is -4.20. The molecule has 0 saturated heterocycles. The molecule has 0 bridgehead atoms. The van der Waals surface area contributed by atoms with Crippen LogP contribution >= 0.6 is 113 Å². The minimum absolute atomic E-state index is 0.170. The van der Waals surface area contributed by atoms with Gasteiger partial charge in [-0.05, 0) is 25.0 Å². The smallest absolute Gasteiger partial charge is 0.278 e. The second kappa shape index (κ2) is 13.3. The molecule has 1 aliphatic heterocycles. The van der Waals surface area contributed by atoms with Crippen molar-refractivity contribution in [1.82, 2.24) is 4.98 Å². The lowest BCUT2D eigenvalue weighted by atomic mass is 10.0. The average molecular weight is 930 g/mol. The molecule has 1 aliphatic rings. The van der Waals surface area contributed by atoms with Gasteiger partial charge in [0.15, 0.2) is 0 Å². The van der Waals surface area contributed by atoms with Gasteiger partial charge in [-0.2, -0.15) is 13.2 Å². The maximum Gasteiger partial charge on any atom is 0.312 e. The zero-order valence-corrected chi connectivity index (χ0v) is 24.8. The first-order valence-corrected chi connectivity index (χ1v) is 13.2. The van der Waals surface area contributed by atoms with E-state index in [0.29, 0.717) is -0.565 Å². The molecule has 26 heavy (non-hydrogen) atoms. The molecule has 148 valence electrons. The van der Waals surface area contributed by atoms with Gasteiger partial charge >= 0.3 is 5.92 Å². The van der Waals surface area contributed by atoms with Crippen LogP contribution in [0.25, 0.3) is 0 Å². The molecule has 10 heteroatoms. The van der Waals surface area contributed by atoms with Crippen molar-refractivity contribution in [3.05, 3.63) is 42.0 Å². The van der Waals surface area contributed by atoms with Crippen molar-refractivity contribution in [2.75, 3.05) is 6.54 Å². The van der Waals surface area contributed by atoms with Crippen LogP contribution in [0, 0.1) is 5.95 Å². The second-order valence-electron chi connectivity index (χ2n) is 4.95. The van der Waals surface area contributed by atoms with E-state index in [1.165, 1.54) is 31.2 Å². The largest absolute Gasteiger partial charge is 0.312 e. The predicted molar refractivity (Wildman–Crippen MR) is 147 cm³/mol. The summed E-state index contributed by atoms with van der Waals surface area (Å²) < 4.78 is 41.3. The van der Waals surface area contributed by atoms with Crippen LogP contribution in [0.3, 0.4) is 0 Å². The van der Waals surface area contributed by atoms with E-state index in [0.717, 1.165) is 1.93 Å². The molecule has 2 nitrogen and oxygen atoms in total. The van der Waals surface area contributed by atoms with E-state index in [1.54, 1.807) is 0 Å². The molecule has 2 rings (SSSR count). The Morgan fingerprint density at radius 1 is 1.27 bits per heavy atom. The van der Waals surface area contributed by atoms with Crippen molar-refractivity contribution < 1.29 is 13.2 Å². The lowest BCUT2D eigenvalue weighted by molar-refractivity contribution is 0.126. The van der Waals surface area contributed by atoms with Gasteiger partial charge < -0.3 is 0 Å². The zero-order chi connectivity index (χ0) is 20.5. The van der Waals surface area contributed by atoms with Crippen molar-refractivity contribution in [2.45, 2.75) is 34.0 Å². The maximum atomic E-state index is 13.4. The van der Waals surface area contributed by atoms with Gasteiger partial charge in [-0.25, -0.2) is 4.98 Å². The molecule has 0 aromatic carbocycles. The third kappa shape index (κ3) is 10.7. The Labute approximate surface area is 221 Å². The first kappa shape index (κ1) is 28.0. The van der Waals surface area contributed by atoms with Gasteiger partial charge in [-0.1, -0.05) is 133 Å². The summed E-state index contributed by atoms with van der Waals surface area (Å²) in [5, 5.41) is 0. The molecule has 0 atom stereocenters. The van der Waals surface area contributed by atoms with Crippen LogP contribution in [-0.4, -0.2) is 24.5 Å². The Morgan fingerprint density at radius 3 is 2.08 bits per heavy atom. The number of pyridine rings is 1. The van der Waals surface area contributed by atoms with E-state index < -0.39 is 17.6 Å². The number of rotatable bonds is 3. The fraction of sp³-hybridized carbons (Fsp3) is 0.500. The predicted octanol–water partition coefficient (Wildman–Crippen LogP) is 8.16. The summed E-state index contributed by atoms with van der Waals surface area (Å²) >= 11 is 12.0. The number of hydrogen-bond donors (Lipinski definition) is 0. The minimum atomic E-state index is -3.26. The van der Waals surface area contributed by atoms with Crippen LogP contribution in [0.15, 0.2) is 35.5 Å². The zero-order valence-electron chi connectivity index (χ0n) is 14.1. The summed E-state index contributed by atoms with van der Waals surface area (Å²) in [6.07, 6.45) is 3.71. The number of alkyl halides is 7. The van der Waals surface area contributed by atoms with Gasteiger partial charge in [0.2, 0.25) is 5.95 Å². The molecule has 0 fully saturated rings. The second-order valence-corrected chi connectivity index (χ2v) is 22.1. The number of aromatic nitrogens is 1. The van der Waals surface area contributed by atoms with Crippen LogP contribution in [0.4, 0.5) is 13.2 Å². The average Bonchev–Trinajstić information content (AvgIpc) is 2.82. The van der Waals surface area contributed by atoms with E-state index in [-0.39, 0.29) is 17.7 Å². The SMILES string of the molecule is C=C1CN=C(c2cccnc2F)C1(F)F.CCC(I)(I)I.CCC(I)I. The molecular formula is C16H18F3I5N2. The highest BCUT2D eigenvalue weighted by molar-refractivity contribution is 14.3. The Bertz CT molecular complexity index is 616. The molecule has 0 spiro atoms. The van der Waals surface area contributed by atoms with Crippen LogP contribution < -0.4 is 0 Å². The van der Waals surface area contributed by atoms with E-state index in [1.807, 2.05) is 0 Å².